The molecular weight excluding hydrogens is 272 g/mol. The Bertz CT molecular complexity index is 633. The lowest BCUT2D eigenvalue weighted by Gasteiger charge is -2.23. The monoisotopic (exact) mass is 290 g/mol. The van der Waals surface area contributed by atoms with Crippen LogP contribution < -0.4 is 10.5 Å². The van der Waals surface area contributed by atoms with Crippen LogP contribution in [0.3, 0.4) is 0 Å². The van der Waals surface area contributed by atoms with Gasteiger partial charge >= 0.3 is 0 Å². The molecule has 0 fully saturated rings. The van der Waals surface area contributed by atoms with Gasteiger partial charge < -0.3 is 10.5 Å². The van der Waals surface area contributed by atoms with E-state index in [9.17, 15) is 0 Å². The third-order valence-electron chi connectivity index (χ3n) is 2.98. The number of ether oxygens (including phenoxy) is 1. The fraction of sp³-hybridized carbons (Fsp3) is 0.312. The normalized spacial score (nSPS) is 11.4. The number of hydrogen-bond acceptors (Lipinski definition) is 3. The van der Waals surface area contributed by atoms with Gasteiger partial charge in [-0.05, 0) is 30.0 Å². The van der Waals surface area contributed by atoms with Gasteiger partial charge in [-0.2, -0.15) is 0 Å². The number of benzene rings is 1. The molecule has 2 N–H and O–H groups in total. The topological polar surface area (TPSA) is 48.1 Å². The van der Waals surface area contributed by atoms with E-state index in [-0.39, 0.29) is 5.41 Å². The van der Waals surface area contributed by atoms with Crippen molar-refractivity contribution in [2.45, 2.75) is 33.1 Å². The molecule has 0 aliphatic carbocycles. The van der Waals surface area contributed by atoms with Crippen molar-refractivity contribution < 1.29 is 4.74 Å². The molecule has 0 bridgehead atoms. The lowest BCUT2D eigenvalue weighted by Crippen LogP contribution is -2.12. The molecule has 0 radical (unpaired) electrons. The van der Waals surface area contributed by atoms with E-state index in [1.165, 1.54) is 6.20 Å². The number of nitrogen functional groups attached to an aromatic ring is 1. The van der Waals surface area contributed by atoms with Gasteiger partial charge in [0.2, 0.25) is 5.88 Å². The summed E-state index contributed by atoms with van der Waals surface area (Å²) in [5.41, 5.74) is 8.37. The first-order chi connectivity index (χ1) is 9.27. The average Bonchev–Trinajstić information content (AvgIpc) is 2.31. The van der Waals surface area contributed by atoms with Crippen LogP contribution in [0.1, 0.15) is 31.9 Å². The lowest BCUT2D eigenvalue weighted by molar-refractivity contribution is 0.440. The molecular formula is C16H19ClN2O. The van der Waals surface area contributed by atoms with Crippen LogP contribution in [0.4, 0.5) is 5.69 Å². The van der Waals surface area contributed by atoms with Crippen LogP contribution in [-0.2, 0) is 5.41 Å². The highest BCUT2D eigenvalue weighted by molar-refractivity contribution is 6.32. The van der Waals surface area contributed by atoms with Crippen LogP contribution in [0, 0.1) is 6.92 Å². The molecule has 1 aromatic carbocycles. The van der Waals surface area contributed by atoms with Gasteiger partial charge in [-0.3, -0.25) is 0 Å². The number of aryl methyl sites for hydroxylation is 1. The molecule has 0 spiro atoms. The minimum Gasteiger partial charge on any atom is -0.437 e. The Morgan fingerprint density at radius 3 is 2.50 bits per heavy atom. The fourth-order valence-electron chi connectivity index (χ4n) is 1.95. The molecule has 3 nitrogen and oxygen atoms in total. The summed E-state index contributed by atoms with van der Waals surface area (Å²) in [5.74, 6) is 1.15. The molecule has 0 atom stereocenters. The standard InChI is InChI=1S/C16H19ClN2O/c1-10-5-6-12(16(2,3)4)14(7-10)20-15-13(17)8-11(18)9-19-15/h5-9H,18H2,1-4H3. The first-order valence-corrected chi connectivity index (χ1v) is 6.85. The number of nitrogens with zero attached hydrogens (tertiary/aromatic N) is 1. The number of pyridine rings is 1. The van der Waals surface area contributed by atoms with Crippen LogP contribution in [0.25, 0.3) is 0 Å². The predicted octanol–water partition coefficient (Wildman–Crippen LogP) is 4.72. The van der Waals surface area contributed by atoms with E-state index in [0.717, 1.165) is 16.9 Å². The van der Waals surface area contributed by atoms with E-state index in [2.05, 4.69) is 37.9 Å². The molecule has 0 amide bonds. The fourth-order valence-corrected chi connectivity index (χ4v) is 2.17. The second-order valence-electron chi connectivity index (χ2n) is 5.91. The minimum absolute atomic E-state index is 0.0245. The first-order valence-electron chi connectivity index (χ1n) is 6.47. The second kappa shape index (κ2) is 5.33. The van der Waals surface area contributed by atoms with Gasteiger partial charge in [0, 0.05) is 5.56 Å². The van der Waals surface area contributed by atoms with Crippen molar-refractivity contribution in [3.05, 3.63) is 46.6 Å². The van der Waals surface area contributed by atoms with Crippen molar-refractivity contribution in [3.8, 4) is 11.6 Å². The number of halogens is 1. The highest BCUT2D eigenvalue weighted by atomic mass is 35.5. The quantitative estimate of drug-likeness (QED) is 0.871. The van der Waals surface area contributed by atoms with E-state index >= 15 is 0 Å². The number of aromatic nitrogens is 1. The smallest absolute Gasteiger partial charge is 0.238 e. The maximum absolute atomic E-state index is 6.12. The molecule has 0 unspecified atom stereocenters. The van der Waals surface area contributed by atoms with Crippen LogP contribution in [0.5, 0.6) is 11.6 Å². The van der Waals surface area contributed by atoms with Crippen molar-refractivity contribution >= 4 is 17.3 Å². The third kappa shape index (κ3) is 3.23. The zero-order chi connectivity index (χ0) is 14.9. The van der Waals surface area contributed by atoms with E-state index < -0.39 is 0 Å². The summed E-state index contributed by atoms with van der Waals surface area (Å²) in [4.78, 5) is 4.15. The highest BCUT2D eigenvalue weighted by Gasteiger charge is 2.20. The summed E-state index contributed by atoms with van der Waals surface area (Å²) in [6.45, 7) is 8.45. The molecule has 0 aliphatic heterocycles. The molecule has 0 saturated heterocycles. The van der Waals surface area contributed by atoms with Crippen LogP contribution in [0.15, 0.2) is 30.5 Å². The van der Waals surface area contributed by atoms with E-state index in [1.54, 1.807) is 6.07 Å². The van der Waals surface area contributed by atoms with Crippen LogP contribution in [-0.4, -0.2) is 4.98 Å². The Kier molecular flexibility index (Phi) is 3.91. The third-order valence-corrected chi connectivity index (χ3v) is 3.25. The zero-order valence-corrected chi connectivity index (χ0v) is 13.0. The molecule has 20 heavy (non-hydrogen) atoms. The van der Waals surface area contributed by atoms with Gasteiger partial charge in [0.05, 0.1) is 11.9 Å². The van der Waals surface area contributed by atoms with E-state index in [0.29, 0.717) is 16.6 Å². The minimum atomic E-state index is -0.0245. The first kappa shape index (κ1) is 14.7. The van der Waals surface area contributed by atoms with Gasteiger partial charge in [-0.15, -0.1) is 0 Å². The second-order valence-corrected chi connectivity index (χ2v) is 6.31. The Morgan fingerprint density at radius 2 is 1.90 bits per heavy atom. The predicted molar refractivity (Wildman–Crippen MR) is 83.6 cm³/mol. The molecule has 2 aromatic rings. The number of nitrogens with two attached hydrogens (primary N) is 1. The van der Waals surface area contributed by atoms with Gasteiger partial charge in [0.15, 0.2) is 0 Å². The maximum atomic E-state index is 6.12. The molecule has 0 saturated carbocycles. The number of rotatable bonds is 2. The molecule has 1 aromatic heterocycles. The summed E-state index contributed by atoms with van der Waals surface area (Å²) in [5, 5.41) is 0.409. The number of hydrogen-bond donors (Lipinski definition) is 1. The van der Waals surface area contributed by atoms with Crippen molar-refractivity contribution in [3.63, 3.8) is 0 Å². The van der Waals surface area contributed by atoms with Gasteiger partial charge in [0.1, 0.15) is 10.8 Å². The number of anilines is 1. The Labute approximate surface area is 124 Å². The Balaban J connectivity index is 2.45. The van der Waals surface area contributed by atoms with Crippen LogP contribution >= 0.6 is 11.6 Å². The highest BCUT2D eigenvalue weighted by Crippen LogP contribution is 2.36. The maximum Gasteiger partial charge on any atom is 0.238 e. The summed E-state index contributed by atoms with van der Waals surface area (Å²) in [7, 11) is 0. The van der Waals surface area contributed by atoms with Crippen molar-refractivity contribution in [1.82, 2.24) is 4.98 Å². The van der Waals surface area contributed by atoms with Gasteiger partial charge in [-0.1, -0.05) is 44.5 Å². The zero-order valence-electron chi connectivity index (χ0n) is 12.2. The van der Waals surface area contributed by atoms with Crippen molar-refractivity contribution in [2.75, 3.05) is 5.73 Å². The van der Waals surface area contributed by atoms with Crippen molar-refractivity contribution in [2.24, 2.45) is 0 Å². The van der Waals surface area contributed by atoms with Crippen LogP contribution in [0.2, 0.25) is 5.02 Å². The largest absolute Gasteiger partial charge is 0.437 e. The van der Waals surface area contributed by atoms with Gasteiger partial charge in [0.25, 0.3) is 0 Å². The lowest BCUT2D eigenvalue weighted by atomic mass is 9.86. The average molecular weight is 291 g/mol. The van der Waals surface area contributed by atoms with E-state index in [1.807, 2.05) is 13.0 Å². The van der Waals surface area contributed by atoms with E-state index in [4.69, 9.17) is 22.1 Å². The molecule has 1 heterocycles. The SMILES string of the molecule is Cc1ccc(C(C)(C)C)c(Oc2ncc(N)cc2Cl)c1. The summed E-state index contributed by atoms with van der Waals surface area (Å²) in [6.07, 6.45) is 1.54. The summed E-state index contributed by atoms with van der Waals surface area (Å²) < 4.78 is 5.90. The summed E-state index contributed by atoms with van der Waals surface area (Å²) >= 11 is 6.12. The molecule has 0 aliphatic rings. The molecule has 106 valence electrons. The Hall–Kier alpha value is -1.74. The van der Waals surface area contributed by atoms with Crippen molar-refractivity contribution in [1.29, 1.82) is 0 Å². The molecule has 2 rings (SSSR count). The van der Waals surface area contributed by atoms with Gasteiger partial charge in [-0.25, -0.2) is 4.98 Å². The summed E-state index contributed by atoms with van der Waals surface area (Å²) in [6, 6.07) is 7.78. The molecule has 4 heteroatoms. The Morgan fingerprint density at radius 1 is 1.20 bits per heavy atom.